The zero-order valence-electron chi connectivity index (χ0n) is 25.5. The Hall–Kier alpha value is -5.34. The zero-order valence-corrected chi connectivity index (χ0v) is 25.5. The van der Waals surface area contributed by atoms with E-state index in [-0.39, 0.29) is 5.41 Å². The van der Waals surface area contributed by atoms with Gasteiger partial charge in [-0.25, -0.2) is 0 Å². The third kappa shape index (κ3) is 4.02. The molecule has 0 atom stereocenters. The second kappa shape index (κ2) is 9.84. The van der Waals surface area contributed by atoms with E-state index in [2.05, 4.69) is 158 Å². The molecular weight excluding hydrogens is 546 g/mol. The van der Waals surface area contributed by atoms with Gasteiger partial charge in [-0.05, 0) is 106 Å². The van der Waals surface area contributed by atoms with Crippen molar-refractivity contribution in [2.75, 3.05) is 4.90 Å². The molecule has 0 N–H and O–H groups in total. The van der Waals surface area contributed by atoms with Gasteiger partial charge in [0.1, 0.15) is 11.3 Å². The lowest BCUT2D eigenvalue weighted by molar-refractivity contribution is 0.595. The number of aryl methyl sites for hydroxylation is 1. The molecule has 1 aromatic heterocycles. The van der Waals surface area contributed by atoms with Crippen LogP contribution >= 0.6 is 0 Å². The normalized spacial score (nSPS) is 14.4. The van der Waals surface area contributed by atoms with Crippen molar-refractivity contribution >= 4 is 44.9 Å². The molecule has 0 saturated carbocycles. The molecule has 2 aliphatic carbocycles. The SMILES string of the molecule is CC1(C)c2ccccc2-c2ccc(N(c3ccc(-c4cccc5ccccc45)cc3)c3ccc4oc5c(c4c3)CCC=C5)cc21. The Labute approximate surface area is 263 Å². The minimum Gasteiger partial charge on any atom is -0.456 e. The molecule has 1 heterocycles. The van der Waals surface area contributed by atoms with Gasteiger partial charge in [0.05, 0.1) is 0 Å². The first-order valence-corrected chi connectivity index (χ1v) is 15.9. The van der Waals surface area contributed by atoms with Crippen LogP contribution in [-0.4, -0.2) is 0 Å². The van der Waals surface area contributed by atoms with Crippen LogP contribution < -0.4 is 4.90 Å². The smallest absolute Gasteiger partial charge is 0.135 e. The molecule has 45 heavy (non-hydrogen) atoms. The molecule has 2 heteroatoms. The maximum atomic E-state index is 6.25. The monoisotopic (exact) mass is 579 g/mol. The molecule has 0 saturated heterocycles. The number of furan rings is 1. The van der Waals surface area contributed by atoms with Crippen LogP contribution in [0.1, 0.15) is 42.7 Å². The van der Waals surface area contributed by atoms with E-state index >= 15 is 0 Å². The number of hydrogen-bond acceptors (Lipinski definition) is 2. The van der Waals surface area contributed by atoms with Gasteiger partial charge in [-0.15, -0.1) is 0 Å². The number of allylic oxidation sites excluding steroid dienone is 1. The van der Waals surface area contributed by atoms with Gasteiger partial charge in [-0.3, -0.25) is 0 Å². The summed E-state index contributed by atoms with van der Waals surface area (Å²) in [5.74, 6) is 0.997. The Morgan fingerprint density at radius 1 is 0.600 bits per heavy atom. The first kappa shape index (κ1) is 26.1. The molecule has 0 radical (unpaired) electrons. The summed E-state index contributed by atoms with van der Waals surface area (Å²) < 4.78 is 6.25. The van der Waals surface area contributed by atoms with Gasteiger partial charge in [0.25, 0.3) is 0 Å². The second-order valence-electron chi connectivity index (χ2n) is 12.9. The van der Waals surface area contributed by atoms with E-state index < -0.39 is 0 Å². The number of fused-ring (bicyclic) bond motifs is 7. The summed E-state index contributed by atoms with van der Waals surface area (Å²) >= 11 is 0. The minimum atomic E-state index is -0.0776. The summed E-state index contributed by atoms with van der Waals surface area (Å²) in [5.41, 5.74) is 13.5. The molecule has 9 rings (SSSR count). The number of benzene rings is 6. The zero-order chi connectivity index (χ0) is 30.1. The first-order valence-electron chi connectivity index (χ1n) is 15.9. The third-order valence-electron chi connectivity index (χ3n) is 9.95. The Morgan fingerprint density at radius 3 is 2.22 bits per heavy atom. The fourth-order valence-corrected chi connectivity index (χ4v) is 7.65. The van der Waals surface area contributed by atoms with Crippen LogP contribution in [0.2, 0.25) is 0 Å². The molecule has 216 valence electrons. The highest BCUT2D eigenvalue weighted by Gasteiger charge is 2.35. The Balaban J connectivity index is 1.21. The molecule has 2 aliphatic rings. The van der Waals surface area contributed by atoms with Gasteiger partial charge in [0.15, 0.2) is 0 Å². The average Bonchev–Trinajstić information content (AvgIpc) is 3.57. The van der Waals surface area contributed by atoms with E-state index in [1.54, 1.807) is 0 Å². The molecule has 0 amide bonds. The van der Waals surface area contributed by atoms with Crippen molar-refractivity contribution in [1.29, 1.82) is 0 Å². The Bertz CT molecular complexity index is 2290. The van der Waals surface area contributed by atoms with Crippen LogP contribution in [-0.2, 0) is 11.8 Å². The number of nitrogens with zero attached hydrogens (tertiary/aromatic N) is 1. The molecule has 6 aromatic carbocycles. The highest BCUT2D eigenvalue weighted by molar-refractivity contribution is 5.97. The minimum absolute atomic E-state index is 0.0776. The average molecular weight is 580 g/mol. The van der Waals surface area contributed by atoms with Crippen molar-refractivity contribution < 1.29 is 4.42 Å². The molecule has 7 aromatic rings. The fourth-order valence-electron chi connectivity index (χ4n) is 7.65. The van der Waals surface area contributed by atoms with Gasteiger partial charge in [0.2, 0.25) is 0 Å². The third-order valence-corrected chi connectivity index (χ3v) is 9.95. The van der Waals surface area contributed by atoms with Crippen LogP contribution in [0, 0.1) is 0 Å². The molecule has 0 fully saturated rings. The number of rotatable bonds is 4. The van der Waals surface area contributed by atoms with Crippen molar-refractivity contribution in [3.8, 4) is 22.3 Å². The van der Waals surface area contributed by atoms with E-state index in [0.29, 0.717) is 0 Å². The van der Waals surface area contributed by atoms with E-state index in [0.717, 1.165) is 41.2 Å². The molecular formula is C43H33NO. The standard InChI is InChI=1S/C43H33NO/c1-43(2)39-16-7-5-13-35(39)36-24-22-32(27-40(36)43)44(31-23-25-42-38(26-31)37-14-6-8-17-41(37)45-42)30-20-18-29(19-21-30)34-15-9-11-28-10-3-4-12-33(28)34/h3-5,7-13,15-27H,6,14H2,1-2H3. The summed E-state index contributed by atoms with van der Waals surface area (Å²) in [4.78, 5) is 2.41. The van der Waals surface area contributed by atoms with Crippen molar-refractivity contribution in [2.24, 2.45) is 0 Å². The predicted octanol–water partition coefficient (Wildman–Crippen LogP) is 12.0. The highest BCUT2D eigenvalue weighted by Crippen LogP contribution is 2.51. The van der Waals surface area contributed by atoms with Crippen molar-refractivity contribution in [3.05, 3.63) is 156 Å². The Kier molecular flexibility index (Phi) is 5.70. The lowest BCUT2D eigenvalue weighted by atomic mass is 9.82. The molecule has 0 bridgehead atoms. The van der Waals surface area contributed by atoms with Crippen LogP contribution in [0.4, 0.5) is 17.1 Å². The van der Waals surface area contributed by atoms with Gasteiger partial charge in [-0.2, -0.15) is 0 Å². The van der Waals surface area contributed by atoms with Gasteiger partial charge >= 0.3 is 0 Å². The summed E-state index contributed by atoms with van der Waals surface area (Å²) in [6, 6.07) is 46.8. The van der Waals surface area contributed by atoms with Gasteiger partial charge in [0, 0.05) is 33.4 Å². The molecule has 2 nitrogen and oxygen atoms in total. The van der Waals surface area contributed by atoms with Gasteiger partial charge < -0.3 is 9.32 Å². The maximum Gasteiger partial charge on any atom is 0.135 e. The van der Waals surface area contributed by atoms with E-state index in [1.807, 2.05) is 0 Å². The van der Waals surface area contributed by atoms with Crippen LogP contribution in [0.5, 0.6) is 0 Å². The highest BCUT2D eigenvalue weighted by atomic mass is 16.3. The van der Waals surface area contributed by atoms with E-state index in [4.69, 9.17) is 4.42 Å². The summed E-state index contributed by atoms with van der Waals surface area (Å²) in [7, 11) is 0. The molecule has 0 unspecified atom stereocenters. The molecule has 0 aliphatic heterocycles. The predicted molar refractivity (Wildman–Crippen MR) is 189 cm³/mol. The lowest BCUT2D eigenvalue weighted by Gasteiger charge is -2.28. The fraction of sp³-hybridized carbons (Fsp3) is 0.116. The second-order valence-corrected chi connectivity index (χ2v) is 12.9. The van der Waals surface area contributed by atoms with Crippen molar-refractivity contribution in [2.45, 2.75) is 32.1 Å². The van der Waals surface area contributed by atoms with E-state index in [1.165, 1.54) is 55.1 Å². The summed E-state index contributed by atoms with van der Waals surface area (Å²) in [5, 5.41) is 3.74. The lowest BCUT2D eigenvalue weighted by Crippen LogP contribution is -2.16. The number of anilines is 3. The number of hydrogen-bond donors (Lipinski definition) is 0. The quantitative estimate of drug-likeness (QED) is 0.206. The maximum absolute atomic E-state index is 6.25. The summed E-state index contributed by atoms with van der Waals surface area (Å²) in [6.45, 7) is 4.70. The van der Waals surface area contributed by atoms with Crippen LogP contribution in [0.25, 0.3) is 50.1 Å². The Morgan fingerprint density at radius 2 is 1.31 bits per heavy atom. The largest absolute Gasteiger partial charge is 0.456 e. The van der Waals surface area contributed by atoms with Crippen LogP contribution in [0.3, 0.4) is 0 Å². The van der Waals surface area contributed by atoms with Crippen molar-refractivity contribution in [3.63, 3.8) is 0 Å². The topological polar surface area (TPSA) is 16.4 Å². The summed E-state index contributed by atoms with van der Waals surface area (Å²) in [6.07, 6.45) is 6.39. The molecule has 0 spiro atoms. The first-order chi connectivity index (χ1) is 22.1. The van der Waals surface area contributed by atoms with Crippen molar-refractivity contribution in [1.82, 2.24) is 0 Å². The van der Waals surface area contributed by atoms with E-state index in [9.17, 15) is 0 Å². The van der Waals surface area contributed by atoms with Crippen LogP contribution in [0.15, 0.2) is 138 Å². The van der Waals surface area contributed by atoms with Gasteiger partial charge in [-0.1, -0.05) is 105 Å².